The van der Waals surface area contributed by atoms with Crippen molar-refractivity contribution in [2.75, 3.05) is 0 Å². The van der Waals surface area contributed by atoms with Gasteiger partial charge in [-0.2, -0.15) is 0 Å². The van der Waals surface area contributed by atoms with E-state index in [-0.39, 0.29) is 16.6 Å². The maximum atomic E-state index is 5.97. The Morgan fingerprint density at radius 3 is 2.39 bits per heavy atom. The molecule has 0 aromatic carbocycles. The van der Waals surface area contributed by atoms with Gasteiger partial charge >= 0.3 is 0 Å². The molecule has 0 radical (unpaired) electrons. The van der Waals surface area contributed by atoms with Crippen molar-refractivity contribution in [1.29, 1.82) is 0 Å². The summed E-state index contributed by atoms with van der Waals surface area (Å²) in [6.45, 7) is 9.15. The van der Waals surface area contributed by atoms with E-state index in [9.17, 15) is 0 Å². The van der Waals surface area contributed by atoms with Crippen LogP contribution in [-0.4, -0.2) is 35.6 Å². The van der Waals surface area contributed by atoms with Crippen molar-refractivity contribution < 1.29 is 14.2 Å². The third kappa shape index (κ3) is 1.67. The smallest absolute Gasteiger partial charge is 0.0946 e. The average molecular weight is 252 g/mol. The second-order valence-corrected chi connectivity index (χ2v) is 7.87. The van der Waals surface area contributed by atoms with E-state index in [4.69, 9.17) is 14.2 Å². The van der Waals surface area contributed by atoms with E-state index < -0.39 is 0 Å². The summed E-state index contributed by atoms with van der Waals surface area (Å²) < 4.78 is 17.8. The van der Waals surface area contributed by atoms with E-state index in [1.54, 1.807) is 0 Å². The summed E-state index contributed by atoms with van der Waals surface area (Å²) in [7, 11) is 0. The molecule has 1 aliphatic carbocycles. The standard InChI is InChI=1S/C15H24O3/c1-13(2)8-11-14(3,18-11)6-5-10-15(4,17-10)7-9-12(13)16-9/h9-12H,5-8H2,1-4H3/t9-,10+,11+,12-,14+,15+/m0/s1. The van der Waals surface area contributed by atoms with E-state index >= 15 is 0 Å². The topological polar surface area (TPSA) is 37.6 Å². The molecule has 3 nitrogen and oxygen atoms in total. The van der Waals surface area contributed by atoms with E-state index in [1.807, 2.05) is 0 Å². The third-order valence-electron chi connectivity index (χ3n) is 5.64. The second kappa shape index (κ2) is 3.13. The molecule has 102 valence electrons. The molecule has 0 aromatic rings. The number of hydrogen-bond donors (Lipinski definition) is 0. The van der Waals surface area contributed by atoms with Crippen LogP contribution in [0.3, 0.4) is 0 Å². The summed E-state index contributed by atoms with van der Waals surface area (Å²) >= 11 is 0. The molecule has 0 N–H and O–H groups in total. The van der Waals surface area contributed by atoms with Crippen molar-refractivity contribution in [3.8, 4) is 0 Å². The first-order valence-corrected chi connectivity index (χ1v) is 7.34. The van der Waals surface area contributed by atoms with Gasteiger partial charge in [0.15, 0.2) is 0 Å². The van der Waals surface area contributed by atoms with E-state index in [0.29, 0.717) is 24.4 Å². The molecular formula is C15H24O3. The SMILES string of the molecule is CC1(C)C[C@H]2O[C@]2(C)CC[C@H]2O[C@]2(C)C[C@@H]2O[C@@H]21. The minimum atomic E-state index is 0.0839. The molecule has 0 amide bonds. The van der Waals surface area contributed by atoms with E-state index in [1.165, 1.54) is 0 Å². The molecule has 1 saturated carbocycles. The molecule has 3 saturated heterocycles. The molecule has 3 heteroatoms. The molecule has 4 rings (SSSR count). The molecule has 0 spiro atoms. The van der Waals surface area contributed by atoms with Crippen molar-refractivity contribution >= 4 is 0 Å². The van der Waals surface area contributed by atoms with Crippen LogP contribution in [0.2, 0.25) is 0 Å². The van der Waals surface area contributed by atoms with Gasteiger partial charge in [0, 0.05) is 6.42 Å². The lowest BCUT2D eigenvalue weighted by Gasteiger charge is -2.22. The highest BCUT2D eigenvalue weighted by atomic mass is 16.6. The molecule has 6 atom stereocenters. The highest BCUT2D eigenvalue weighted by Crippen LogP contribution is 2.56. The number of fused-ring (bicyclic) bond motifs is 3. The normalized spacial score (nSPS) is 60.7. The molecule has 0 bridgehead atoms. The largest absolute Gasteiger partial charge is 0.369 e. The summed E-state index contributed by atoms with van der Waals surface area (Å²) in [5.41, 5.74) is 0.428. The molecule has 0 aromatic heterocycles. The van der Waals surface area contributed by atoms with Crippen LogP contribution in [0.25, 0.3) is 0 Å². The van der Waals surface area contributed by atoms with Crippen molar-refractivity contribution in [1.82, 2.24) is 0 Å². The van der Waals surface area contributed by atoms with Crippen LogP contribution >= 0.6 is 0 Å². The Kier molecular flexibility index (Phi) is 2.03. The van der Waals surface area contributed by atoms with Crippen LogP contribution in [0.4, 0.5) is 0 Å². The zero-order valence-electron chi connectivity index (χ0n) is 11.9. The van der Waals surface area contributed by atoms with Gasteiger partial charge < -0.3 is 14.2 Å². The molecule has 3 aliphatic heterocycles. The fourth-order valence-electron chi connectivity index (χ4n) is 4.00. The fraction of sp³-hybridized carbons (Fsp3) is 1.00. The molecule has 0 unspecified atom stereocenters. The Bertz CT molecular complexity index is 393. The van der Waals surface area contributed by atoms with Gasteiger partial charge in [0.1, 0.15) is 0 Å². The van der Waals surface area contributed by atoms with Crippen LogP contribution in [0.1, 0.15) is 53.4 Å². The molecule has 3 heterocycles. The first-order chi connectivity index (χ1) is 8.32. The Morgan fingerprint density at radius 2 is 1.61 bits per heavy atom. The fourth-order valence-corrected chi connectivity index (χ4v) is 4.00. The Labute approximate surface area is 109 Å². The van der Waals surface area contributed by atoms with Gasteiger partial charge in [-0.1, -0.05) is 13.8 Å². The minimum Gasteiger partial charge on any atom is -0.369 e. The van der Waals surface area contributed by atoms with Crippen molar-refractivity contribution in [2.24, 2.45) is 5.41 Å². The van der Waals surface area contributed by atoms with Gasteiger partial charge in [0.25, 0.3) is 0 Å². The lowest BCUT2D eigenvalue weighted by atomic mass is 9.80. The van der Waals surface area contributed by atoms with Gasteiger partial charge in [0.05, 0.1) is 35.6 Å². The maximum absolute atomic E-state index is 5.97. The highest BCUT2D eigenvalue weighted by molar-refractivity contribution is 5.12. The van der Waals surface area contributed by atoms with Gasteiger partial charge in [-0.25, -0.2) is 0 Å². The lowest BCUT2D eigenvalue weighted by Crippen LogP contribution is -2.26. The molecule has 4 fully saturated rings. The van der Waals surface area contributed by atoms with Gasteiger partial charge in [-0.3, -0.25) is 0 Å². The zero-order valence-corrected chi connectivity index (χ0v) is 11.9. The van der Waals surface area contributed by atoms with Crippen LogP contribution in [-0.2, 0) is 14.2 Å². The first kappa shape index (κ1) is 11.7. The lowest BCUT2D eigenvalue weighted by molar-refractivity contribution is 0.200. The summed E-state index contributed by atoms with van der Waals surface area (Å²) in [6.07, 6.45) is 6.18. The quantitative estimate of drug-likeness (QED) is 0.622. The maximum Gasteiger partial charge on any atom is 0.0946 e. The third-order valence-corrected chi connectivity index (χ3v) is 5.64. The van der Waals surface area contributed by atoms with Crippen molar-refractivity contribution in [2.45, 2.75) is 89.0 Å². The Morgan fingerprint density at radius 1 is 0.889 bits per heavy atom. The predicted molar refractivity (Wildman–Crippen MR) is 67.5 cm³/mol. The summed E-state index contributed by atoms with van der Waals surface area (Å²) in [6, 6.07) is 0. The van der Waals surface area contributed by atoms with Crippen molar-refractivity contribution in [3.05, 3.63) is 0 Å². The highest BCUT2D eigenvalue weighted by Gasteiger charge is 2.64. The molecular weight excluding hydrogens is 228 g/mol. The number of rotatable bonds is 0. The van der Waals surface area contributed by atoms with Crippen LogP contribution in [0, 0.1) is 5.41 Å². The zero-order chi connectivity index (χ0) is 12.8. The first-order valence-electron chi connectivity index (χ1n) is 7.34. The Hall–Kier alpha value is -0.120. The van der Waals surface area contributed by atoms with Crippen LogP contribution < -0.4 is 0 Å². The average Bonchev–Trinajstić information content (AvgIpc) is 3.14. The summed E-state index contributed by atoms with van der Waals surface area (Å²) in [4.78, 5) is 0. The molecule has 18 heavy (non-hydrogen) atoms. The van der Waals surface area contributed by atoms with Crippen LogP contribution in [0.5, 0.6) is 0 Å². The van der Waals surface area contributed by atoms with Gasteiger partial charge in [0.2, 0.25) is 0 Å². The summed E-state index contributed by atoms with van der Waals surface area (Å²) in [5.74, 6) is 0. The Balaban J connectivity index is 1.56. The predicted octanol–water partition coefficient (Wildman–Crippen LogP) is 2.67. The van der Waals surface area contributed by atoms with Gasteiger partial charge in [-0.05, 0) is 38.5 Å². The minimum absolute atomic E-state index is 0.0839. The van der Waals surface area contributed by atoms with E-state index in [2.05, 4.69) is 27.7 Å². The number of hydrogen-bond acceptors (Lipinski definition) is 3. The van der Waals surface area contributed by atoms with E-state index in [0.717, 1.165) is 25.7 Å². The van der Waals surface area contributed by atoms with Crippen molar-refractivity contribution in [3.63, 3.8) is 0 Å². The molecule has 4 aliphatic rings. The van der Waals surface area contributed by atoms with Crippen LogP contribution in [0.15, 0.2) is 0 Å². The van der Waals surface area contributed by atoms with Gasteiger partial charge in [-0.15, -0.1) is 0 Å². The summed E-state index contributed by atoms with van der Waals surface area (Å²) in [5, 5.41) is 0. The number of epoxide rings is 3. The second-order valence-electron chi connectivity index (χ2n) is 7.87. The number of ether oxygens (including phenoxy) is 3. The monoisotopic (exact) mass is 252 g/mol.